The van der Waals surface area contributed by atoms with Crippen LogP contribution in [0.1, 0.15) is 34.1 Å². The van der Waals surface area contributed by atoms with E-state index in [1.807, 2.05) is 37.3 Å². The summed E-state index contributed by atoms with van der Waals surface area (Å²) in [5.41, 5.74) is 3.26. The van der Waals surface area contributed by atoms with Crippen molar-refractivity contribution in [1.29, 1.82) is 0 Å². The van der Waals surface area contributed by atoms with Crippen molar-refractivity contribution in [1.82, 2.24) is 10.2 Å². The summed E-state index contributed by atoms with van der Waals surface area (Å²) in [5, 5.41) is 21.1. The Hall–Kier alpha value is -4.09. The molecule has 0 bridgehead atoms. The van der Waals surface area contributed by atoms with Gasteiger partial charge in [-0.1, -0.05) is 82.2 Å². The van der Waals surface area contributed by atoms with Crippen LogP contribution in [0, 0.1) is 6.92 Å². The average molecular weight is 665 g/mol. The molecule has 1 aliphatic heterocycles. The highest BCUT2D eigenvalue weighted by atomic mass is 35.5. The zero-order valence-electron chi connectivity index (χ0n) is 23.1. The molecule has 5 aromatic rings. The number of halogens is 2. The molecule has 1 saturated heterocycles. The minimum atomic E-state index is -1.04. The lowest BCUT2D eigenvalue weighted by atomic mass is 9.99. The lowest BCUT2D eigenvalue weighted by Crippen LogP contribution is -2.29. The smallest absolute Gasteiger partial charge is 0.302 e. The summed E-state index contributed by atoms with van der Waals surface area (Å²) in [6.07, 6.45) is 1.44. The largest absolute Gasteiger partial charge is 0.507 e. The number of furan rings is 1. The topological polar surface area (TPSA) is 106 Å². The molecule has 3 heterocycles. The molecular weight excluding hydrogens is 641 g/mol. The molecule has 1 amide bonds. The van der Waals surface area contributed by atoms with Gasteiger partial charge in [-0.2, -0.15) is 0 Å². The predicted molar refractivity (Wildman–Crippen MR) is 171 cm³/mol. The molecule has 0 spiro atoms. The number of ether oxygens (including phenoxy) is 1. The highest BCUT2D eigenvalue weighted by Gasteiger charge is 2.49. The summed E-state index contributed by atoms with van der Waals surface area (Å²) in [4.78, 5) is 28.0. The number of carbonyl (C=O) groups excluding carboxylic acids is 2. The number of nitrogens with zero attached hydrogens (tertiary/aromatic N) is 3. The maximum Gasteiger partial charge on any atom is 0.302 e. The quantitative estimate of drug-likeness (QED) is 0.0552. The lowest BCUT2D eigenvalue weighted by Gasteiger charge is -2.20. The normalized spacial score (nSPS) is 16.1. The Bertz CT molecular complexity index is 1870. The number of anilines is 1. The van der Waals surface area contributed by atoms with Gasteiger partial charge in [0.15, 0.2) is 4.34 Å². The van der Waals surface area contributed by atoms with E-state index < -0.39 is 17.7 Å². The van der Waals surface area contributed by atoms with Crippen molar-refractivity contribution in [3.8, 4) is 5.75 Å². The number of amides is 1. The molecular formula is C32H23Cl2N3O5S2. The molecule has 6 rings (SSSR count). The summed E-state index contributed by atoms with van der Waals surface area (Å²) >= 11 is 14.8. The third kappa shape index (κ3) is 6.25. The zero-order valence-corrected chi connectivity index (χ0v) is 26.2. The second-order valence-electron chi connectivity index (χ2n) is 9.86. The first-order valence-corrected chi connectivity index (χ1v) is 15.9. The number of rotatable bonds is 9. The standard InChI is InChI=1S/C32H23Cl2N3O5S2/c1-18-4-2-5-19(14-18)16-42-23-11-8-20(9-12-23)28(38)26-27(25-6-3-13-41-25)37(30(40)29(26)39)31-35-36-32(44-31)43-17-21-7-10-22(33)15-24(21)34/h2-15,27,38H,16-17H2,1H3. The van der Waals surface area contributed by atoms with Gasteiger partial charge in [-0.15, -0.1) is 10.2 Å². The molecule has 8 nitrogen and oxygen atoms in total. The van der Waals surface area contributed by atoms with Gasteiger partial charge in [0.2, 0.25) is 5.13 Å². The van der Waals surface area contributed by atoms with Crippen molar-refractivity contribution in [2.24, 2.45) is 0 Å². The van der Waals surface area contributed by atoms with Crippen LogP contribution in [0.4, 0.5) is 5.13 Å². The molecule has 1 atom stereocenters. The van der Waals surface area contributed by atoms with E-state index in [1.165, 1.54) is 22.9 Å². The van der Waals surface area contributed by atoms with Crippen molar-refractivity contribution in [3.05, 3.63) is 129 Å². The van der Waals surface area contributed by atoms with Crippen molar-refractivity contribution >= 4 is 68.9 Å². The summed E-state index contributed by atoms with van der Waals surface area (Å²) in [5.74, 6) is -0.670. The number of carbonyl (C=O) groups is 2. The fraction of sp³-hybridized carbons (Fsp3) is 0.125. The molecule has 2 aromatic heterocycles. The van der Waals surface area contributed by atoms with Crippen molar-refractivity contribution < 1.29 is 23.8 Å². The molecule has 3 aromatic carbocycles. The number of thioether (sulfide) groups is 1. The first kappa shape index (κ1) is 30.0. The van der Waals surface area contributed by atoms with E-state index in [-0.39, 0.29) is 16.5 Å². The molecule has 222 valence electrons. The van der Waals surface area contributed by atoms with Gasteiger partial charge < -0.3 is 14.3 Å². The van der Waals surface area contributed by atoms with Crippen LogP contribution < -0.4 is 9.64 Å². The van der Waals surface area contributed by atoms with E-state index in [1.54, 1.807) is 48.5 Å². The third-order valence-electron chi connectivity index (χ3n) is 6.84. The molecule has 1 aliphatic rings. The second kappa shape index (κ2) is 12.9. The first-order valence-electron chi connectivity index (χ1n) is 13.3. The molecule has 12 heteroatoms. The van der Waals surface area contributed by atoms with Crippen molar-refractivity contribution in [2.75, 3.05) is 4.90 Å². The first-order chi connectivity index (χ1) is 21.3. The summed E-state index contributed by atoms with van der Waals surface area (Å²) in [6.45, 7) is 2.40. The summed E-state index contributed by atoms with van der Waals surface area (Å²) < 4.78 is 12.1. The van der Waals surface area contributed by atoms with E-state index in [0.717, 1.165) is 28.0 Å². The Morgan fingerprint density at radius 2 is 1.86 bits per heavy atom. The SMILES string of the molecule is Cc1cccc(COc2ccc(C(O)=C3C(=O)C(=O)N(c4nnc(SCc5ccc(Cl)cc5Cl)s4)C3c3ccco3)cc2)c1. The number of aryl methyl sites for hydroxylation is 1. The highest BCUT2D eigenvalue weighted by Crippen LogP contribution is 2.44. The summed E-state index contributed by atoms with van der Waals surface area (Å²) in [7, 11) is 0. The predicted octanol–water partition coefficient (Wildman–Crippen LogP) is 8.24. The Labute approximate surface area is 270 Å². The molecule has 1 N–H and O–H groups in total. The monoisotopic (exact) mass is 663 g/mol. The summed E-state index contributed by atoms with van der Waals surface area (Å²) in [6, 6.07) is 22.2. The number of Topliss-reactive ketones (excluding diaryl/α,β-unsaturated/α-hetero) is 1. The maximum absolute atomic E-state index is 13.4. The molecule has 0 saturated carbocycles. The van der Waals surface area contributed by atoms with Crippen LogP contribution >= 0.6 is 46.3 Å². The van der Waals surface area contributed by atoms with Crippen molar-refractivity contribution in [3.63, 3.8) is 0 Å². The molecule has 0 radical (unpaired) electrons. The minimum absolute atomic E-state index is 0.115. The third-order valence-corrected chi connectivity index (χ3v) is 9.53. The Morgan fingerprint density at radius 3 is 2.59 bits per heavy atom. The van der Waals surface area contributed by atoms with Crippen LogP contribution in [-0.2, 0) is 21.9 Å². The van der Waals surface area contributed by atoms with Gasteiger partial charge in [-0.05, 0) is 66.6 Å². The number of hydrogen-bond acceptors (Lipinski definition) is 9. The van der Waals surface area contributed by atoms with Crippen LogP contribution in [0.25, 0.3) is 5.76 Å². The second-order valence-corrected chi connectivity index (χ2v) is 12.9. The number of benzene rings is 3. The Kier molecular flexibility index (Phi) is 8.76. The molecule has 44 heavy (non-hydrogen) atoms. The minimum Gasteiger partial charge on any atom is -0.507 e. The van der Waals surface area contributed by atoms with Crippen LogP contribution in [0.2, 0.25) is 10.0 Å². The van der Waals surface area contributed by atoms with Crippen molar-refractivity contribution in [2.45, 2.75) is 29.7 Å². The molecule has 1 unspecified atom stereocenters. The number of ketones is 1. The van der Waals surface area contributed by atoms with Crippen LogP contribution in [0.5, 0.6) is 5.75 Å². The van der Waals surface area contributed by atoms with Gasteiger partial charge in [0.05, 0.1) is 11.8 Å². The van der Waals surface area contributed by atoms with Crippen LogP contribution in [-0.4, -0.2) is 27.0 Å². The van der Waals surface area contributed by atoms with Gasteiger partial charge >= 0.3 is 5.91 Å². The fourth-order valence-corrected chi connectivity index (χ4v) is 7.14. The van der Waals surface area contributed by atoms with Gasteiger partial charge in [0.25, 0.3) is 5.78 Å². The van der Waals surface area contributed by atoms with Gasteiger partial charge in [-0.25, -0.2) is 0 Å². The zero-order chi connectivity index (χ0) is 30.8. The van der Waals surface area contributed by atoms with Gasteiger partial charge in [0, 0.05) is 21.4 Å². The number of hydrogen-bond donors (Lipinski definition) is 1. The number of aliphatic hydroxyl groups is 1. The van der Waals surface area contributed by atoms with Crippen LogP contribution in [0.3, 0.4) is 0 Å². The average Bonchev–Trinajstić information content (AvgIpc) is 3.76. The van der Waals surface area contributed by atoms with Crippen LogP contribution in [0.15, 0.2) is 99.5 Å². The number of aliphatic hydroxyl groups excluding tert-OH is 1. The Balaban J connectivity index is 1.26. The van der Waals surface area contributed by atoms with E-state index in [0.29, 0.717) is 43.8 Å². The molecule has 0 aliphatic carbocycles. The molecule has 1 fully saturated rings. The van der Waals surface area contributed by atoms with E-state index >= 15 is 0 Å². The fourth-order valence-electron chi connectivity index (χ4n) is 4.72. The van der Waals surface area contributed by atoms with Gasteiger partial charge in [-0.3, -0.25) is 14.5 Å². The highest BCUT2D eigenvalue weighted by molar-refractivity contribution is 8.00. The number of aromatic nitrogens is 2. The van der Waals surface area contributed by atoms with Gasteiger partial charge in [0.1, 0.15) is 29.9 Å². The Morgan fingerprint density at radius 1 is 1.05 bits per heavy atom. The van der Waals surface area contributed by atoms with E-state index in [2.05, 4.69) is 10.2 Å². The lowest BCUT2D eigenvalue weighted by molar-refractivity contribution is -0.132. The maximum atomic E-state index is 13.4. The van der Waals surface area contributed by atoms with E-state index in [9.17, 15) is 14.7 Å². The van der Waals surface area contributed by atoms with E-state index in [4.69, 9.17) is 32.4 Å².